The summed E-state index contributed by atoms with van der Waals surface area (Å²) in [5.74, 6) is -2.64. The van der Waals surface area contributed by atoms with Gasteiger partial charge in [0.1, 0.15) is 10.7 Å². The maximum atomic E-state index is 13.4. The number of carbonyl (C=O) groups is 3. The molecule has 0 bridgehead atoms. The minimum Gasteiger partial charge on any atom is -0.477 e. The van der Waals surface area contributed by atoms with Crippen molar-refractivity contribution in [3.63, 3.8) is 0 Å². The molecule has 1 amide bonds. The summed E-state index contributed by atoms with van der Waals surface area (Å²) in [5.41, 5.74) is 2.47. The van der Waals surface area contributed by atoms with E-state index in [4.69, 9.17) is 4.74 Å². The number of esters is 1. The van der Waals surface area contributed by atoms with Gasteiger partial charge in [0, 0.05) is 22.8 Å². The fourth-order valence-corrected chi connectivity index (χ4v) is 4.81. The molecule has 0 spiro atoms. The summed E-state index contributed by atoms with van der Waals surface area (Å²) in [6.45, 7) is 0. The van der Waals surface area contributed by atoms with Gasteiger partial charge in [-0.05, 0) is 35.4 Å². The van der Waals surface area contributed by atoms with Gasteiger partial charge < -0.3 is 15.2 Å². The quantitative estimate of drug-likeness (QED) is 0.600. The molecule has 1 aliphatic rings. The van der Waals surface area contributed by atoms with Gasteiger partial charge in [-0.15, -0.1) is 11.3 Å². The van der Waals surface area contributed by atoms with E-state index in [1.165, 1.54) is 31.4 Å². The number of nitrogens with one attached hydrogen (secondary N) is 1. The lowest BCUT2D eigenvalue weighted by molar-refractivity contribution is -0.116. The van der Waals surface area contributed by atoms with E-state index in [1.807, 2.05) is 0 Å². The maximum absolute atomic E-state index is 13.4. The first-order valence-electron chi connectivity index (χ1n) is 9.03. The minimum atomic E-state index is -1.12. The van der Waals surface area contributed by atoms with Gasteiger partial charge in [0.05, 0.1) is 18.4 Å². The van der Waals surface area contributed by atoms with E-state index in [0.717, 1.165) is 16.9 Å². The molecule has 1 aliphatic heterocycles. The van der Waals surface area contributed by atoms with Gasteiger partial charge in [0.15, 0.2) is 0 Å². The number of benzene rings is 2. The molecule has 30 heavy (non-hydrogen) atoms. The molecule has 8 heteroatoms. The predicted molar refractivity (Wildman–Crippen MR) is 110 cm³/mol. The van der Waals surface area contributed by atoms with E-state index in [-0.39, 0.29) is 23.1 Å². The second kappa shape index (κ2) is 7.72. The Balaban J connectivity index is 1.84. The van der Waals surface area contributed by atoms with Crippen molar-refractivity contribution in [1.29, 1.82) is 0 Å². The second-order valence-corrected chi connectivity index (χ2v) is 7.83. The number of amides is 1. The fourth-order valence-electron chi connectivity index (χ4n) is 3.57. The lowest BCUT2D eigenvalue weighted by atomic mass is 9.88. The lowest BCUT2D eigenvalue weighted by Gasteiger charge is -2.24. The van der Waals surface area contributed by atoms with E-state index in [0.29, 0.717) is 27.3 Å². The predicted octanol–water partition coefficient (Wildman–Crippen LogP) is 4.51. The molecule has 0 saturated heterocycles. The largest absolute Gasteiger partial charge is 0.477 e. The summed E-state index contributed by atoms with van der Waals surface area (Å²) in [5, 5.41) is 12.5. The van der Waals surface area contributed by atoms with Crippen molar-refractivity contribution in [3.8, 4) is 11.1 Å². The van der Waals surface area contributed by atoms with Gasteiger partial charge in [-0.2, -0.15) is 0 Å². The molecule has 2 heterocycles. The van der Waals surface area contributed by atoms with E-state index in [9.17, 15) is 23.9 Å². The van der Waals surface area contributed by atoms with Crippen molar-refractivity contribution in [3.05, 3.63) is 75.2 Å². The fraction of sp³-hybridized carbons (Fsp3) is 0.136. The molecular formula is C22H16FNO5S. The number of ether oxygens (including phenoxy) is 1. The molecule has 3 aromatic rings. The van der Waals surface area contributed by atoms with Gasteiger partial charge in [0.25, 0.3) is 0 Å². The van der Waals surface area contributed by atoms with Crippen molar-refractivity contribution in [2.45, 2.75) is 12.3 Å². The first-order valence-corrected chi connectivity index (χ1v) is 9.84. The summed E-state index contributed by atoms with van der Waals surface area (Å²) >= 11 is 1.09. The van der Waals surface area contributed by atoms with Gasteiger partial charge in [0.2, 0.25) is 5.91 Å². The van der Waals surface area contributed by atoms with Crippen LogP contribution in [0, 0.1) is 5.82 Å². The van der Waals surface area contributed by atoms with Crippen molar-refractivity contribution < 1.29 is 28.6 Å². The van der Waals surface area contributed by atoms with Crippen LogP contribution in [0.3, 0.4) is 0 Å². The summed E-state index contributed by atoms with van der Waals surface area (Å²) in [6.07, 6.45) is 0.146. The average Bonchev–Trinajstić information content (AvgIpc) is 3.13. The maximum Gasteiger partial charge on any atom is 0.346 e. The van der Waals surface area contributed by atoms with Crippen LogP contribution in [0.1, 0.15) is 42.8 Å². The van der Waals surface area contributed by atoms with Gasteiger partial charge in [-0.3, -0.25) is 4.79 Å². The number of aromatic carboxylic acids is 1. The summed E-state index contributed by atoms with van der Waals surface area (Å²) in [4.78, 5) is 36.8. The molecule has 0 fully saturated rings. The van der Waals surface area contributed by atoms with Crippen LogP contribution >= 0.6 is 11.3 Å². The van der Waals surface area contributed by atoms with Crippen LogP contribution in [-0.2, 0) is 9.53 Å². The van der Waals surface area contributed by atoms with E-state index in [2.05, 4.69) is 5.32 Å². The van der Waals surface area contributed by atoms with Crippen LogP contribution in [-0.4, -0.2) is 30.1 Å². The number of hydrogen-bond donors (Lipinski definition) is 2. The summed E-state index contributed by atoms with van der Waals surface area (Å²) in [6, 6.07) is 12.2. The molecular weight excluding hydrogens is 409 g/mol. The number of carbonyl (C=O) groups excluding carboxylic acids is 2. The van der Waals surface area contributed by atoms with Gasteiger partial charge >= 0.3 is 11.9 Å². The average molecular weight is 425 g/mol. The third-order valence-corrected chi connectivity index (χ3v) is 6.26. The Labute approximate surface area is 174 Å². The second-order valence-electron chi connectivity index (χ2n) is 6.78. The van der Waals surface area contributed by atoms with Crippen molar-refractivity contribution in [2.75, 3.05) is 12.4 Å². The first kappa shape index (κ1) is 19.8. The molecule has 6 nitrogen and oxygen atoms in total. The van der Waals surface area contributed by atoms with Crippen LogP contribution in [0.25, 0.3) is 11.1 Å². The highest BCUT2D eigenvalue weighted by molar-refractivity contribution is 7.15. The molecule has 0 unspecified atom stereocenters. The Hall–Kier alpha value is -3.52. The Bertz CT molecular complexity index is 1150. The third-order valence-electron chi connectivity index (χ3n) is 4.97. The smallest absolute Gasteiger partial charge is 0.346 e. The number of rotatable bonds is 4. The molecule has 4 rings (SSSR count). The van der Waals surface area contributed by atoms with E-state index >= 15 is 0 Å². The normalized spacial score (nSPS) is 15.3. The molecule has 2 N–H and O–H groups in total. The first-order chi connectivity index (χ1) is 14.4. The summed E-state index contributed by atoms with van der Waals surface area (Å²) in [7, 11) is 1.30. The zero-order valence-corrected chi connectivity index (χ0v) is 16.6. The number of fused-ring (bicyclic) bond motifs is 1. The monoisotopic (exact) mass is 425 g/mol. The molecule has 2 aromatic carbocycles. The molecule has 0 saturated carbocycles. The molecule has 0 aliphatic carbocycles. The number of methoxy groups -OCH3 is 1. The van der Waals surface area contributed by atoms with Crippen molar-refractivity contribution in [2.24, 2.45) is 0 Å². The van der Waals surface area contributed by atoms with Crippen LogP contribution in [0.2, 0.25) is 0 Å². The number of carboxylic acids is 1. The molecule has 1 atom stereocenters. The van der Waals surface area contributed by atoms with Crippen LogP contribution in [0.5, 0.6) is 0 Å². The minimum absolute atomic E-state index is 0.0741. The SMILES string of the molecule is COC(=O)c1ccc([C@H]2CC(=O)Nc3c2sc(C(=O)O)c3-c2ccc(F)cc2)cc1. The van der Waals surface area contributed by atoms with Gasteiger partial charge in [-0.25, -0.2) is 14.0 Å². The number of carboxylic acid groups (broad SMARTS) is 1. The topological polar surface area (TPSA) is 92.7 Å². The molecule has 152 valence electrons. The van der Waals surface area contributed by atoms with E-state index < -0.39 is 17.8 Å². The Morgan fingerprint density at radius 1 is 1.13 bits per heavy atom. The highest BCUT2D eigenvalue weighted by Gasteiger charge is 2.34. The zero-order valence-electron chi connectivity index (χ0n) is 15.8. The summed E-state index contributed by atoms with van der Waals surface area (Å²) < 4.78 is 18.1. The number of anilines is 1. The third kappa shape index (κ3) is 3.46. The standard InChI is InChI=1S/C22H16FNO5S/c1-29-22(28)13-4-2-11(3-5-13)15-10-16(25)24-18-17(12-6-8-14(23)9-7-12)20(21(26)27)30-19(15)18/h2-9,15H,10H2,1H3,(H,24,25)(H,26,27)/t15-/m1/s1. The number of thiophene rings is 1. The Morgan fingerprint density at radius 3 is 2.40 bits per heavy atom. The van der Waals surface area contributed by atoms with Crippen molar-refractivity contribution >= 4 is 34.9 Å². The highest BCUT2D eigenvalue weighted by Crippen LogP contribution is 2.49. The number of hydrogen-bond acceptors (Lipinski definition) is 5. The molecule has 0 radical (unpaired) electrons. The number of halogens is 1. The van der Waals surface area contributed by atoms with Crippen LogP contribution < -0.4 is 5.32 Å². The van der Waals surface area contributed by atoms with Crippen LogP contribution in [0.4, 0.5) is 10.1 Å². The van der Waals surface area contributed by atoms with Crippen molar-refractivity contribution in [1.82, 2.24) is 0 Å². The van der Waals surface area contributed by atoms with Crippen LogP contribution in [0.15, 0.2) is 48.5 Å². The highest BCUT2D eigenvalue weighted by atomic mass is 32.1. The molecule has 1 aromatic heterocycles. The van der Waals surface area contributed by atoms with E-state index in [1.54, 1.807) is 24.3 Å². The zero-order chi connectivity index (χ0) is 21.4. The lowest BCUT2D eigenvalue weighted by Crippen LogP contribution is -2.22. The van der Waals surface area contributed by atoms with Gasteiger partial charge in [-0.1, -0.05) is 24.3 Å². The Morgan fingerprint density at radius 2 is 1.80 bits per heavy atom. The Kier molecular flexibility index (Phi) is 5.09.